The van der Waals surface area contributed by atoms with Crippen LogP contribution in [0.4, 0.5) is 10.5 Å². The van der Waals surface area contributed by atoms with Crippen LogP contribution in [0.3, 0.4) is 0 Å². The Kier molecular flexibility index (Phi) is 3.04. The number of benzene rings is 1. The molecule has 0 bridgehead atoms. The van der Waals surface area contributed by atoms with Crippen molar-refractivity contribution >= 4 is 29.2 Å². The number of amides is 3. The zero-order valence-corrected chi connectivity index (χ0v) is 11.2. The predicted molar refractivity (Wildman–Crippen MR) is 69.1 cm³/mol. The molecule has 18 heavy (non-hydrogen) atoms. The van der Waals surface area contributed by atoms with Crippen molar-refractivity contribution in [3.05, 3.63) is 29.3 Å². The summed E-state index contributed by atoms with van der Waals surface area (Å²) in [5, 5.41) is 1.74. The minimum atomic E-state index is -0.776. The number of carbonyl (C=O) groups is 2. The molecule has 1 fully saturated rings. The van der Waals surface area contributed by atoms with Crippen LogP contribution in [0.1, 0.15) is 20.8 Å². The summed E-state index contributed by atoms with van der Waals surface area (Å²) in [5.74, 6) is -0.313. The summed E-state index contributed by atoms with van der Waals surface area (Å²) in [7, 11) is 0. The molecule has 1 aliphatic heterocycles. The van der Waals surface area contributed by atoms with E-state index in [2.05, 4.69) is 5.43 Å². The van der Waals surface area contributed by atoms with E-state index < -0.39 is 11.7 Å². The topological polar surface area (TPSA) is 52.7 Å². The van der Waals surface area contributed by atoms with Gasteiger partial charge in [-0.05, 0) is 26.0 Å². The lowest BCUT2D eigenvalue weighted by Gasteiger charge is -2.26. The zero-order valence-electron chi connectivity index (χ0n) is 10.4. The molecule has 0 radical (unpaired) electrons. The van der Waals surface area contributed by atoms with Gasteiger partial charge in [0, 0.05) is 6.92 Å². The molecule has 1 aromatic carbocycles. The normalized spacial score (nSPS) is 18.3. The average Bonchev–Trinajstić information content (AvgIpc) is 2.49. The second-order valence-corrected chi connectivity index (χ2v) is 5.00. The fourth-order valence-corrected chi connectivity index (χ4v) is 2.26. The third-order valence-corrected chi connectivity index (χ3v) is 3.05. The number of hydrogen-bond acceptors (Lipinski definition) is 3. The SMILES string of the molecule is CC(=O)N1C(=O)N(c2ccccc2Cl)NC1(C)C. The van der Waals surface area contributed by atoms with Crippen LogP contribution >= 0.6 is 11.6 Å². The molecule has 0 aliphatic carbocycles. The molecule has 0 unspecified atom stereocenters. The molecule has 1 N–H and O–H groups in total. The van der Waals surface area contributed by atoms with Crippen molar-refractivity contribution in [3.8, 4) is 0 Å². The minimum Gasteiger partial charge on any atom is -0.275 e. The minimum absolute atomic E-state index is 0.313. The molecule has 0 aromatic heterocycles. The van der Waals surface area contributed by atoms with Crippen LogP contribution in [0.2, 0.25) is 5.02 Å². The second kappa shape index (κ2) is 4.26. The molecule has 0 saturated carbocycles. The Hall–Kier alpha value is -1.59. The summed E-state index contributed by atoms with van der Waals surface area (Å²) in [6, 6.07) is 6.53. The summed E-state index contributed by atoms with van der Waals surface area (Å²) in [6.07, 6.45) is 0. The third kappa shape index (κ3) is 1.95. The van der Waals surface area contributed by atoms with Gasteiger partial charge in [0.25, 0.3) is 0 Å². The highest BCUT2D eigenvalue weighted by Crippen LogP contribution is 2.31. The highest BCUT2D eigenvalue weighted by molar-refractivity contribution is 6.33. The van der Waals surface area contributed by atoms with Gasteiger partial charge in [0.05, 0.1) is 10.7 Å². The van der Waals surface area contributed by atoms with E-state index in [1.54, 1.807) is 38.1 Å². The highest BCUT2D eigenvalue weighted by Gasteiger charge is 2.46. The van der Waals surface area contributed by atoms with E-state index in [0.29, 0.717) is 10.7 Å². The molecular weight excluding hydrogens is 254 g/mol. The summed E-state index contributed by atoms with van der Waals surface area (Å²) in [5.41, 5.74) is 2.73. The van der Waals surface area contributed by atoms with Crippen molar-refractivity contribution in [2.24, 2.45) is 0 Å². The molecule has 1 aromatic rings. The van der Waals surface area contributed by atoms with Crippen LogP contribution < -0.4 is 10.4 Å². The lowest BCUT2D eigenvalue weighted by atomic mass is 10.2. The molecule has 96 valence electrons. The Bertz CT molecular complexity index is 516. The van der Waals surface area contributed by atoms with Gasteiger partial charge in [-0.15, -0.1) is 0 Å². The fraction of sp³-hybridized carbons (Fsp3) is 0.333. The van der Waals surface area contributed by atoms with E-state index in [4.69, 9.17) is 11.6 Å². The van der Waals surface area contributed by atoms with Gasteiger partial charge < -0.3 is 0 Å². The smallest absolute Gasteiger partial charge is 0.275 e. The number of halogens is 1. The van der Waals surface area contributed by atoms with Gasteiger partial charge in [0.1, 0.15) is 5.66 Å². The Morgan fingerprint density at radius 1 is 1.33 bits per heavy atom. The molecule has 3 amide bonds. The fourth-order valence-electron chi connectivity index (χ4n) is 2.04. The predicted octanol–water partition coefficient (Wildman–Crippen LogP) is 2.37. The maximum absolute atomic E-state index is 12.2. The van der Waals surface area contributed by atoms with Crippen molar-refractivity contribution in [3.63, 3.8) is 0 Å². The second-order valence-electron chi connectivity index (χ2n) is 4.59. The Morgan fingerprint density at radius 2 is 1.94 bits per heavy atom. The number of carbonyl (C=O) groups excluding carboxylic acids is 2. The van der Waals surface area contributed by atoms with Crippen molar-refractivity contribution < 1.29 is 9.59 Å². The van der Waals surface area contributed by atoms with Gasteiger partial charge in [-0.2, -0.15) is 0 Å². The number of rotatable bonds is 1. The molecule has 1 saturated heterocycles. The monoisotopic (exact) mass is 267 g/mol. The third-order valence-electron chi connectivity index (χ3n) is 2.74. The van der Waals surface area contributed by atoms with Gasteiger partial charge in [-0.25, -0.2) is 20.1 Å². The van der Waals surface area contributed by atoms with E-state index >= 15 is 0 Å². The maximum atomic E-state index is 12.2. The zero-order chi connectivity index (χ0) is 13.5. The summed E-state index contributed by atoms with van der Waals surface area (Å²) in [4.78, 5) is 24.9. The molecule has 1 heterocycles. The standard InChI is InChI=1S/C12H14ClN3O2/c1-8(17)15-11(18)16(14-12(15,2)3)10-7-5-4-6-9(10)13/h4-7,14H,1-3H3. The Labute approximate surface area is 110 Å². The quantitative estimate of drug-likeness (QED) is 0.850. The lowest BCUT2D eigenvalue weighted by Crippen LogP contribution is -2.49. The van der Waals surface area contributed by atoms with E-state index in [9.17, 15) is 9.59 Å². The molecule has 1 aliphatic rings. The summed E-state index contributed by atoms with van der Waals surface area (Å²) < 4.78 is 0. The van der Waals surface area contributed by atoms with E-state index in [0.717, 1.165) is 4.90 Å². The van der Waals surface area contributed by atoms with E-state index in [-0.39, 0.29) is 5.91 Å². The van der Waals surface area contributed by atoms with Crippen molar-refractivity contribution in [2.45, 2.75) is 26.4 Å². The largest absolute Gasteiger partial charge is 0.347 e. The maximum Gasteiger partial charge on any atom is 0.347 e. The first kappa shape index (κ1) is 12.9. The van der Waals surface area contributed by atoms with Crippen LogP contribution in [0.25, 0.3) is 0 Å². The van der Waals surface area contributed by atoms with Crippen LogP contribution in [0, 0.1) is 0 Å². The van der Waals surface area contributed by atoms with Crippen LogP contribution in [-0.4, -0.2) is 22.5 Å². The first-order valence-electron chi connectivity index (χ1n) is 5.52. The highest BCUT2D eigenvalue weighted by atomic mass is 35.5. The molecule has 0 spiro atoms. The molecule has 5 nitrogen and oxygen atoms in total. The molecule has 6 heteroatoms. The van der Waals surface area contributed by atoms with Gasteiger partial charge in [-0.3, -0.25) is 4.79 Å². The number of hydrogen-bond donors (Lipinski definition) is 1. The molecule has 0 atom stereocenters. The van der Waals surface area contributed by atoms with E-state index in [1.165, 1.54) is 11.9 Å². The number of urea groups is 1. The summed E-state index contributed by atoms with van der Waals surface area (Å²) >= 11 is 6.05. The first-order valence-corrected chi connectivity index (χ1v) is 5.89. The van der Waals surface area contributed by atoms with Crippen molar-refractivity contribution in [1.29, 1.82) is 0 Å². The number of hydrazine groups is 1. The van der Waals surface area contributed by atoms with Gasteiger partial charge >= 0.3 is 6.03 Å². The van der Waals surface area contributed by atoms with Gasteiger partial charge in [0.15, 0.2) is 0 Å². The average molecular weight is 268 g/mol. The Balaban J connectivity index is 2.42. The van der Waals surface area contributed by atoms with Gasteiger partial charge in [0.2, 0.25) is 5.91 Å². The summed E-state index contributed by atoms with van der Waals surface area (Å²) in [6.45, 7) is 4.86. The molecule has 2 rings (SSSR count). The number of para-hydroxylation sites is 1. The number of nitrogens with one attached hydrogen (secondary N) is 1. The van der Waals surface area contributed by atoms with Crippen LogP contribution in [0.5, 0.6) is 0 Å². The number of nitrogens with zero attached hydrogens (tertiary/aromatic N) is 2. The van der Waals surface area contributed by atoms with Crippen molar-refractivity contribution in [2.75, 3.05) is 5.01 Å². The lowest BCUT2D eigenvalue weighted by molar-refractivity contribution is -0.129. The molecular formula is C12H14ClN3O2. The van der Waals surface area contributed by atoms with Crippen molar-refractivity contribution in [1.82, 2.24) is 10.3 Å². The Morgan fingerprint density at radius 3 is 2.44 bits per heavy atom. The first-order chi connectivity index (χ1) is 8.34. The van der Waals surface area contributed by atoms with Gasteiger partial charge in [-0.1, -0.05) is 23.7 Å². The van der Waals surface area contributed by atoms with Crippen LogP contribution in [-0.2, 0) is 4.79 Å². The number of imide groups is 1. The van der Waals surface area contributed by atoms with E-state index in [1.807, 2.05) is 0 Å². The van der Waals surface area contributed by atoms with Crippen LogP contribution in [0.15, 0.2) is 24.3 Å². The number of anilines is 1.